The first-order chi connectivity index (χ1) is 11.4. The molecule has 24 heavy (non-hydrogen) atoms. The number of carbonyl (C=O) groups is 1. The van der Waals surface area contributed by atoms with Gasteiger partial charge in [-0.25, -0.2) is 4.79 Å². The van der Waals surface area contributed by atoms with Gasteiger partial charge in [-0.15, -0.1) is 0 Å². The summed E-state index contributed by atoms with van der Waals surface area (Å²) in [5.41, 5.74) is 2.97. The fourth-order valence-electron chi connectivity index (χ4n) is 2.08. The van der Waals surface area contributed by atoms with Gasteiger partial charge in [0.15, 0.2) is 0 Å². The number of rotatable bonds is 7. The zero-order valence-corrected chi connectivity index (χ0v) is 15.6. The lowest BCUT2D eigenvalue weighted by Crippen LogP contribution is -2.24. The summed E-state index contributed by atoms with van der Waals surface area (Å²) in [6.45, 7) is 8.03. The van der Waals surface area contributed by atoms with E-state index in [1.807, 2.05) is 42.5 Å². The first-order valence-corrected chi connectivity index (χ1v) is 11.9. The molecule has 0 unspecified atom stereocenters. The van der Waals surface area contributed by atoms with E-state index >= 15 is 0 Å². The summed E-state index contributed by atoms with van der Waals surface area (Å²) in [5.74, 6) is 0. The Morgan fingerprint density at radius 1 is 0.958 bits per heavy atom. The highest BCUT2D eigenvalue weighted by Gasteiger charge is 2.13. The van der Waals surface area contributed by atoms with Gasteiger partial charge >= 0.3 is 6.09 Å². The molecule has 0 aliphatic rings. The minimum absolute atomic E-state index is 0.391. The van der Waals surface area contributed by atoms with Crippen molar-refractivity contribution in [2.45, 2.75) is 32.2 Å². The van der Waals surface area contributed by atoms with Crippen LogP contribution in [0.3, 0.4) is 0 Å². The molecule has 0 atom stereocenters. The van der Waals surface area contributed by atoms with Gasteiger partial charge in [-0.1, -0.05) is 50.0 Å². The second-order valence-corrected chi connectivity index (χ2v) is 12.6. The number of nitrogens with one attached hydrogen (secondary N) is 2. The largest absolute Gasteiger partial charge is 0.450 e. The van der Waals surface area contributed by atoms with E-state index in [0.717, 1.165) is 24.0 Å². The quantitative estimate of drug-likeness (QED) is 0.681. The monoisotopic (exact) mass is 342 g/mol. The minimum atomic E-state index is -1.17. The lowest BCUT2D eigenvalue weighted by Gasteiger charge is -2.15. The Morgan fingerprint density at radius 3 is 2.21 bits per heavy atom. The summed E-state index contributed by atoms with van der Waals surface area (Å²) in [4.78, 5) is 11.8. The molecular weight excluding hydrogens is 316 g/mol. The van der Waals surface area contributed by atoms with Gasteiger partial charge in [-0.2, -0.15) is 0 Å². The highest BCUT2D eigenvalue weighted by molar-refractivity contribution is 6.76. The average Bonchev–Trinajstić information content (AvgIpc) is 2.54. The molecule has 2 N–H and O–H groups in total. The van der Waals surface area contributed by atoms with Gasteiger partial charge in [0.2, 0.25) is 0 Å². The molecule has 2 aromatic rings. The summed E-state index contributed by atoms with van der Waals surface area (Å²) in [5, 5.41) is 6.11. The number of ether oxygens (including phenoxy) is 1. The highest BCUT2D eigenvalue weighted by atomic mass is 28.3. The Balaban J connectivity index is 1.76. The zero-order chi connectivity index (χ0) is 17.4. The molecule has 128 valence electrons. The standard InChI is InChI=1S/C19H26N2O2Si/c1-24(2,3)14-13-23-19(22)21-18-11-9-17(10-12-18)20-15-16-7-5-4-6-8-16/h4-12,20H,13-15H2,1-3H3,(H,21,22). The molecule has 0 aliphatic carbocycles. The van der Waals surface area contributed by atoms with Crippen LogP contribution in [0.4, 0.5) is 16.2 Å². The summed E-state index contributed by atoms with van der Waals surface area (Å²) >= 11 is 0. The van der Waals surface area contributed by atoms with Crippen LogP contribution in [-0.4, -0.2) is 20.8 Å². The van der Waals surface area contributed by atoms with Crippen LogP contribution < -0.4 is 10.6 Å². The van der Waals surface area contributed by atoms with Crippen LogP contribution >= 0.6 is 0 Å². The molecule has 0 bridgehead atoms. The van der Waals surface area contributed by atoms with Gasteiger partial charge in [0, 0.05) is 26.0 Å². The third-order valence-corrected chi connectivity index (χ3v) is 5.26. The third-order valence-electron chi connectivity index (χ3n) is 3.56. The van der Waals surface area contributed by atoms with E-state index in [1.165, 1.54) is 5.56 Å². The number of amides is 1. The van der Waals surface area contributed by atoms with Crippen molar-refractivity contribution in [2.24, 2.45) is 0 Å². The van der Waals surface area contributed by atoms with Gasteiger partial charge in [0.05, 0.1) is 6.61 Å². The molecule has 2 aromatic carbocycles. The fourth-order valence-corrected chi connectivity index (χ4v) is 2.79. The summed E-state index contributed by atoms with van der Waals surface area (Å²) < 4.78 is 5.23. The third kappa shape index (κ3) is 6.87. The van der Waals surface area contributed by atoms with Crippen molar-refractivity contribution in [3.05, 3.63) is 60.2 Å². The first-order valence-electron chi connectivity index (χ1n) is 8.24. The molecule has 2 rings (SSSR count). The van der Waals surface area contributed by atoms with Crippen molar-refractivity contribution in [1.29, 1.82) is 0 Å². The predicted octanol–water partition coefficient (Wildman–Crippen LogP) is 5.19. The summed E-state index contributed by atoms with van der Waals surface area (Å²) in [7, 11) is -1.17. The summed E-state index contributed by atoms with van der Waals surface area (Å²) in [6, 6.07) is 18.8. The SMILES string of the molecule is C[Si](C)(C)CCOC(=O)Nc1ccc(NCc2ccccc2)cc1. The molecular formula is C19H26N2O2Si. The maximum Gasteiger partial charge on any atom is 0.411 e. The van der Waals surface area contributed by atoms with Crippen molar-refractivity contribution in [3.63, 3.8) is 0 Å². The van der Waals surface area contributed by atoms with E-state index in [0.29, 0.717) is 6.61 Å². The second kappa shape index (κ2) is 8.54. The molecule has 1 amide bonds. The van der Waals surface area contributed by atoms with Gasteiger partial charge in [0.25, 0.3) is 0 Å². The molecule has 0 aromatic heterocycles. The Bertz CT molecular complexity index is 637. The molecule has 0 aliphatic heterocycles. The van der Waals surface area contributed by atoms with E-state index < -0.39 is 14.2 Å². The molecule has 0 spiro atoms. The maximum atomic E-state index is 11.8. The smallest absolute Gasteiger partial charge is 0.411 e. The van der Waals surface area contributed by atoms with Crippen molar-refractivity contribution in [2.75, 3.05) is 17.2 Å². The summed E-state index contributed by atoms with van der Waals surface area (Å²) in [6.07, 6.45) is -0.391. The Kier molecular flexibility index (Phi) is 6.43. The van der Waals surface area contributed by atoms with Crippen molar-refractivity contribution < 1.29 is 9.53 Å². The van der Waals surface area contributed by atoms with E-state index in [9.17, 15) is 4.79 Å². The van der Waals surface area contributed by atoms with Crippen LogP contribution in [0.15, 0.2) is 54.6 Å². The Hall–Kier alpha value is -2.27. The lowest BCUT2D eigenvalue weighted by atomic mass is 10.2. The predicted molar refractivity (Wildman–Crippen MR) is 103 cm³/mol. The molecule has 0 radical (unpaired) electrons. The Labute approximate surface area is 145 Å². The average molecular weight is 343 g/mol. The molecule has 0 saturated heterocycles. The van der Waals surface area contributed by atoms with E-state index in [2.05, 4.69) is 42.4 Å². The fraction of sp³-hybridized carbons (Fsp3) is 0.316. The van der Waals surface area contributed by atoms with Crippen LogP contribution in [-0.2, 0) is 11.3 Å². The molecule has 4 nitrogen and oxygen atoms in total. The van der Waals surface area contributed by atoms with Crippen molar-refractivity contribution >= 4 is 25.5 Å². The lowest BCUT2D eigenvalue weighted by molar-refractivity contribution is 0.167. The Morgan fingerprint density at radius 2 is 1.58 bits per heavy atom. The second-order valence-electron chi connectivity index (χ2n) is 6.99. The zero-order valence-electron chi connectivity index (χ0n) is 14.6. The molecule has 0 heterocycles. The number of benzene rings is 2. The topological polar surface area (TPSA) is 50.4 Å². The first kappa shape index (κ1) is 18.1. The van der Waals surface area contributed by atoms with Gasteiger partial charge in [0.1, 0.15) is 0 Å². The van der Waals surface area contributed by atoms with Crippen molar-refractivity contribution in [1.82, 2.24) is 0 Å². The minimum Gasteiger partial charge on any atom is -0.450 e. The van der Waals surface area contributed by atoms with Crippen LogP contribution in [0.25, 0.3) is 0 Å². The van der Waals surface area contributed by atoms with Crippen LogP contribution in [0.1, 0.15) is 5.56 Å². The molecule has 5 heteroatoms. The number of hydrogen-bond acceptors (Lipinski definition) is 3. The highest BCUT2D eigenvalue weighted by Crippen LogP contribution is 2.15. The normalized spacial score (nSPS) is 11.0. The molecule has 0 fully saturated rings. The van der Waals surface area contributed by atoms with E-state index in [4.69, 9.17) is 4.74 Å². The van der Waals surface area contributed by atoms with Crippen molar-refractivity contribution in [3.8, 4) is 0 Å². The number of hydrogen-bond donors (Lipinski definition) is 2. The van der Waals surface area contributed by atoms with Gasteiger partial charge in [-0.05, 0) is 35.9 Å². The number of carbonyl (C=O) groups excluding carboxylic acids is 1. The van der Waals surface area contributed by atoms with Gasteiger partial charge < -0.3 is 10.1 Å². The maximum absolute atomic E-state index is 11.8. The van der Waals surface area contributed by atoms with Crippen LogP contribution in [0.2, 0.25) is 25.7 Å². The molecule has 0 saturated carbocycles. The van der Waals surface area contributed by atoms with E-state index in [-0.39, 0.29) is 0 Å². The van der Waals surface area contributed by atoms with Crippen LogP contribution in [0.5, 0.6) is 0 Å². The van der Waals surface area contributed by atoms with Gasteiger partial charge in [-0.3, -0.25) is 5.32 Å². The van der Waals surface area contributed by atoms with E-state index in [1.54, 1.807) is 0 Å². The number of anilines is 2. The van der Waals surface area contributed by atoms with Crippen LogP contribution in [0, 0.1) is 0 Å².